The first-order valence-electron chi connectivity index (χ1n) is 20.9. The van der Waals surface area contributed by atoms with Crippen LogP contribution in [-0.2, 0) is 28.6 Å². The Morgan fingerprint density at radius 3 is 1.23 bits per heavy atom. The molecule has 0 aromatic heterocycles. The Kier molecular flexibility index (Phi) is 38.2. The summed E-state index contributed by atoms with van der Waals surface area (Å²) in [5.74, 6) is -1.02. The summed E-state index contributed by atoms with van der Waals surface area (Å²) in [4.78, 5) is 37.5. The predicted molar refractivity (Wildman–Crippen MR) is 219 cm³/mol. The molecule has 0 spiro atoms. The van der Waals surface area contributed by atoms with Crippen molar-refractivity contribution in [3.63, 3.8) is 0 Å². The number of esters is 3. The highest BCUT2D eigenvalue weighted by Crippen LogP contribution is 2.10. The summed E-state index contributed by atoms with van der Waals surface area (Å²) in [6.45, 7) is 6.34. The molecular weight excluding hydrogens is 648 g/mol. The molecular formula is C46H76O6. The molecule has 1 atom stereocenters. The molecule has 0 saturated heterocycles. The van der Waals surface area contributed by atoms with E-state index in [1.165, 1.54) is 51.4 Å². The van der Waals surface area contributed by atoms with Crippen molar-refractivity contribution in [3.05, 3.63) is 72.9 Å². The lowest BCUT2D eigenvalue weighted by atomic mass is 10.1. The van der Waals surface area contributed by atoms with E-state index >= 15 is 0 Å². The van der Waals surface area contributed by atoms with Crippen LogP contribution in [0.4, 0.5) is 0 Å². The fourth-order valence-electron chi connectivity index (χ4n) is 5.26. The van der Waals surface area contributed by atoms with Gasteiger partial charge in [0.05, 0.1) is 0 Å². The van der Waals surface area contributed by atoms with Gasteiger partial charge in [-0.1, -0.05) is 139 Å². The summed E-state index contributed by atoms with van der Waals surface area (Å²) in [7, 11) is 0. The van der Waals surface area contributed by atoms with Crippen LogP contribution in [0.2, 0.25) is 0 Å². The first-order chi connectivity index (χ1) is 25.5. The van der Waals surface area contributed by atoms with Crippen molar-refractivity contribution in [1.82, 2.24) is 0 Å². The highest BCUT2D eigenvalue weighted by Gasteiger charge is 2.19. The maximum Gasteiger partial charge on any atom is 0.306 e. The van der Waals surface area contributed by atoms with Gasteiger partial charge in [-0.3, -0.25) is 14.4 Å². The Balaban J connectivity index is 4.46. The van der Waals surface area contributed by atoms with Gasteiger partial charge in [0.15, 0.2) is 6.10 Å². The SMILES string of the molecule is CC/C=C\C/C=C\C/C=C\C/C=C\CCCCCC(=O)OCC(COC(=O)CCC/C=C\CCCCCC)OC(=O)CCC/C=C\CCCCCC. The average molecular weight is 725 g/mol. The fraction of sp³-hybridized carbons (Fsp3) is 0.674. The molecule has 52 heavy (non-hydrogen) atoms. The molecule has 6 nitrogen and oxygen atoms in total. The Labute approximate surface area is 319 Å². The number of carbonyl (C=O) groups is 3. The van der Waals surface area contributed by atoms with Crippen LogP contribution in [0.1, 0.15) is 181 Å². The lowest BCUT2D eigenvalue weighted by Crippen LogP contribution is -2.30. The quantitative estimate of drug-likeness (QED) is 0.0277. The Hall–Kier alpha value is -3.15. The normalized spacial score (nSPS) is 12.8. The topological polar surface area (TPSA) is 78.9 Å². The second-order valence-electron chi connectivity index (χ2n) is 13.5. The third-order valence-corrected chi connectivity index (χ3v) is 8.41. The van der Waals surface area contributed by atoms with E-state index in [9.17, 15) is 14.4 Å². The summed E-state index contributed by atoms with van der Waals surface area (Å²) in [6.07, 6.45) is 49.1. The van der Waals surface area contributed by atoms with Crippen LogP contribution in [0.5, 0.6) is 0 Å². The molecule has 0 aliphatic carbocycles. The van der Waals surface area contributed by atoms with Crippen molar-refractivity contribution in [2.75, 3.05) is 13.2 Å². The number of rotatable bonds is 36. The highest BCUT2D eigenvalue weighted by molar-refractivity contribution is 5.71. The molecule has 6 heteroatoms. The zero-order valence-electron chi connectivity index (χ0n) is 33.5. The van der Waals surface area contributed by atoms with E-state index in [1.807, 2.05) is 0 Å². The molecule has 0 rings (SSSR count). The van der Waals surface area contributed by atoms with Crippen LogP contribution in [0.3, 0.4) is 0 Å². The number of hydrogen-bond acceptors (Lipinski definition) is 6. The largest absolute Gasteiger partial charge is 0.462 e. The van der Waals surface area contributed by atoms with Crippen molar-refractivity contribution in [3.8, 4) is 0 Å². The number of carbonyl (C=O) groups excluding carboxylic acids is 3. The van der Waals surface area contributed by atoms with Gasteiger partial charge in [-0.05, 0) is 96.3 Å². The average Bonchev–Trinajstić information content (AvgIpc) is 3.14. The summed E-state index contributed by atoms with van der Waals surface area (Å²) < 4.78 is 16.5. The van der Waals surface area contributed by atoms with Gasteiger partial charge in [0.25, 0.3) is 0 Å². The van der Waals surface area contributed by atoms with E-state index in [-0.39, 0.29) is 37.5 Å². The Bertz CT molecular complexity index is 1020. The summed E-state index contributed by atoms with van der Waals surface area (Å²) >= 11 is 0. The number of allylic oxidation sites excluding steroid dienone is 12. The van der Waals surface area contributed by atoms with E-state index < -0.39 is 6.10 Å². The van der Waals surface area contributed by atoms with Gasteiger partial charge in [0.1, 0.15) is 13.2 Å². The minimum atomic E-state index is -0.810. The van der Waals surface area contributed by atoms with Gasteiger partial charge in [-0.15, -0.1) is 0 Å². The molecule has 0 aromatic carbocycles. The zero-order valence-corrected chi connectivity index (χ0v) is 33.5. The smallest absolute Gasteiger partial charge is 0.306 e. The molecule has 0 amide bonds. The van der Waals surface area contributed by atoms with Crippen LogP contribution >= 0.6 is 0 Å². The van der Waals surface area contributed by atoms with Gasteiger partial charge in [0.2, 0.25) is 0 Å². The maximum atomic E-state index is 12.6. The zero-order chi connectivity index (χ0) is 38.0. The van der Waals surface area contributed by atoms with Gasteiger partial charge in [-0.2, -0.15) is 0 Å². The predicted octanol–water partition coefficient (Wildman–Crippen LogP) is 13.1. The Morgan fingerprint density at radius 2 is 0.769 bits per heavy atom. The molecule has 0 N–H and O–H groups in total. The van der Waals surface area contributed by atoms with Crippen molar-refractivity contribution >= 4 is 17.9 Å². The number of ether oxygens (including phenoxy) is 3. The third-order valence-electron chi connectivity index (χ3n) is 8.41. The third kappa shape index (κ3) is 38.1. The molecule has 0 radical (unpaired) electrons. The van der Waals surface area contributed by atoms with E-state index in [2.05, 4.69) is 93.7 Å². The minimum absolute atomic E-state index is 0.113. The van der Waals surface area contributed by atoms with E-state index in [0.717, 1.165) is 77.0 Å². The standard InChI is InChI=1S/C46H76O6/c1-4-7-10-13-16-19-20-21-22-23-24-25-28-30-33-36-39-45(48)51-42-43(52-46(49)40-37-34-31-27-18-15-12-9-6-3)41-50-44(47)38-35-32-29-26-17-14-11-8-5-2/h7,10,16,19,21-22,24-27,29,31,43H,4-6,8-9,11-15,17-18,20,23,28,30,32-42H2,1-3H3/b10-7-,19-16-,22-21-,25-24-,29-26-,31-27-. The highest BCUT2D eigenvalue weighted by atomic mass is 16.6. The van der Waals surface area contributed by atoms with E-state index in [0.29, 0.717) is 25.7 Å². The second kappa shape index (κ2) is 40.6. The molecule has 0 heterocycles. The second-order valence-corrected chi connectivity index (χ2v) is 13.5. The molecule has 0 bridgehead atoms. The van der Waals surface area contributed by atoms with Gasteiger partial charge >= 0.3 is 17.9 Å². The van der Waals surface area contributed by atoms with E-state index in [4.69, 9.17) is 14.2 Å². The molecule has 0 aliphatic heterocycles. The van der Waals surface area contributed by atoms with Crippen LogP contribution < -0.4 is 0 Å². The summed E-state index contributed by atoms with van der Waals surface area (Å²) in [6, 6.07) is 0. The van der Waals surface area contributed by atoms with Crippen molar-refractivity contribution in [2.24, 2.45) is 0 Å². The lowest BCUT2D eigenvalue weighted by Gasteiger charge is -2.18. The van der Waals surface area contributed by atoms with E-state index in [1.54, 1.807) is 0 Å². The van der Waals surface area contributed by atoms with Gasteiger partial charge < -0.3 is 14.2 Å². The number of hydrogen-bond donors (Lipinski definition) is 0. The monoisotopic (exact) mass is 725 g/mol. The summed E-state index contributed by atoms with van der Waals surface area (Å²) in [5.41, 5.74) is 0. The first kappa shape index (κ1) is 48.9. The van der Waals surface area contributed by atoms with Crippen LogP contribution in [0.15, 0.2) is 72.9 Å². The first-order valence-corrected chi connectivity index (χ1v) is 20.9. The van der Waals surface area contributed by atoms with Crippen LogP contribution in [0.25, 0.3) is 0 Å². The van der Waals surface area contributed by atoms with Crippen molar-refractivity contribution in [1.29, 1.82) is 0 Å². The lowest BCUT2D eigenvalue weighted by molar-refractivity contribution is -0.167. The Morgan fingerprint density at radius 1 is 0.404 bits per heavy atom. The maximum absolute atomic E-state index is 12.6. The molecule has 0 fully saturated rings. The van der Waals surface area contributed by atoms with Gasteiger partial charge in [-0.25, -0.2) is 0 Å². The van der Waals surface area contributed by atoms with Crippen LogP contribution in [0, 0.1) is 0 Å². The van der Waals surface area contributed by atoms with Crippen molar-refractivity contribution in [2.45, 2.75) is 187 Å². The number of unbranched alkanes of at least 4 members (excludes halogenated alkanes) is 13. The molecule has 296 valence electrons. The molecule has 1 unspecified atom stereocenters. The van der Waals surface area contributed by atoms with Crippen LogP contribution in [-0.4, -0.2) is 37.2 Å². The van der Waals surface area contributed by atoms with Crippen molar-refractivity contribution < 1.29 is 28.6 Å². The summed E-state index contributed by atoms with van der Waals surface area (Å²) in [5, 5.41) is 0. The minimum Gasteiger partial charge on any atom is -0.462 e. The fourth-order valence-corrected chi connectivity index (χ4v) is 5.26. The molecule has 0 saturated carbocycles. The molecule has 0 aliphatic rings. The van der Waals surface area contributed by atoms with Gasteiger partial charge in [0, 0.05) is 19.3 Å². The molecule has 0 aromatic rings.